The highest BCUT2D eigenvalue weighted by molar-refractivity contribution is 5.95. The standard InChI is InChI=1S/C13H10F4N2O/c14-11-4-1-8(7-10(11)13(15,16)17)12(20)19(6-5-18)9-2-3-9/h1,4,7,9H,2-3,6H2. The molecule has 106 valence electrons. The maximum absolute atomic E-state index is 13.2. The van der Waals surface area contributed by atoms with Gasteiger partial charge in [-0.05, 0) is 31.0 Å². The van der Waals surface area contributed by atoms with E-state index < -0.39 is 23.5 Å². The van der Waals surface area contributed by atoms with E-state index >= 15 is 0 Å². The van der Waals surface area contributed by atoms with Gasteiger partial charge in [0.1, 0.15) is 12.4 Å². The van der Waals surface area contributed by atoms with E-state index in [1.807, 2.05) is 0 Å². The summed E-state index contributed by atoms with van der Waals surface area (Å²) in [6, 6.07) is 3.80. The fraction of sp³-hybridized carbons (Fsp3) is 0.385. The molecule has 0 spiro atoms. The van der Waals surface area contributed by atoms with Gasteiger partial charge in [-0.1, -0.05) is 0 Å². The van der Waals surface area contributed by atoms with E-state index in [1.54, 1.807) is 6.07 Å². The van der Waals surface area contributed by atoms with Crippen LogP contribution in [0.1, 0.15) is 28.8 Å². The first kappa shape index (κ1) is 14.3. The van der Waals surface area contributed by atoms with E-state index in [4.69, 9.17) is 5.26 Å². The molecule has 1 saturated carbocycles. The van der Waals surface area contributed by atoms with Crippen LogP contribution < -0.4 is 0 Å². The molecule has 0 aromatic heterocycles. The van der Waals surface area contributed by atoms with Gasteiger partial charge in [0.15, 0.2) is 0 Å². The van der Waals surface area contributed by atoms with Crippen molar-refractivity contribution in [2.45, 2.75) is 25.1 Å². The monoisotopic (exact) mass is 286 g/mol. The molecule has 0 heterocycles. The molecule has 0 saturated heterocycles. The molecule has 7 heteroatoms. The van der Waals surface area contributed by atoms with Gasteiger partial charge in [-0.25, -0.2) is 4.39 Å². The molecule has 20 heavy (non-hydrogen) atoms. The average Bonchev–Trinajstić information content (AvgIpc) is 3.18. The Morgan fingerprint density at radius 2 is 2.05 bits per heavy atom. The summed E-state index contributed by atoms with van der Waals surface area (Å²) in [5.74, 6) is -2.10. The van der Waals surface area contributed by atoms with Gasteiger partial charge in [0, 0.05) is 11.6 Å². The Hall–Kier alpha value is -2.10. The maximum atomic E-state index is 13.2. The Kier molecular flexibility index (Phi) is 3.66. The number of carbonyl (C=O) groups excluding carboxylic acids is 1. The number of hydrogen-bond acceptors (Lipinski definition) is 2. The molecule has 1 fully saturated rings. The van der Waals surface area contributed by atoms with Crippen LogP contribution in [0.25, 0.3) is 0 Å². The average molecular weight is 286 g/mol. The molecule has 0 N–H and O–H groups in total. The van der Waals surface area contributed by atoms with Crippen LogP contribution in [0, 0.1) is 17.1 Å². The van der Waals surface area contributed by atoms with E-state index in [0.29, 0.717) is 12.1 Å². The third kappa shape index (κ3) is 2.90. The third-order valence-electron chi connectivity index (χ3n) is 3.01. The zero-order chi connectivity index (χ0) is 14.9. The minimum atomic E-state index is -4.86. The van der Waals surface area contributed by atoms with Crippen LogP contribution in [-0.2, 0) is 6.18 Å². The van der Waals surface area contributed by atoms with Gasteiger partial charge in [-0.3, -0.25) is 4.79 Å². The number of benzene rings is 1. The van der Waals surface area contributed by atoms with Crippen molar-refractivity contribution in [2.75, 3.05) is 6.54 Å². The fourth-order valence-corrected chi connectivity index (χ4v) is 1.87. The normalized spacial score (nSPS) is 14.8. The summed E-state index contributed by atoms with van der Waals surface area (Å²) in [5.41, 5.74) is -1.74. The second kappa shape index (κ2) is 5.12. The molecule has 1 aliphatic rings. The maximum Gasteiger partial charge on any atom is 0.419 e. The summed E-state index contributed by atoms with van der Waals surface area (Å²) in [7, 11) is 0. The molecule has 0 unspecified atom stereocenters. The van der Waals surface area contributed by atoms with Crippen molar-refractivity contribution in [2.24, 2.45) is 0 Å². The van der Waals surface area contributed by atoms with E-state index in [1.165, 1.54) is 4.90 Å². The molecular formula is C13H10F4N2O. The second-order valence-electron chi connectivity index (χ2n) is 4.51. The molecule has 0 radical (unpaired) electrons. The zero-order valence-corrected chi connectivity index (χ0v) is 10.2. The first-order valence-corrected chi connectivity index (χ1v) is 5.89. The number of rotatable bonds is 3. The second-order valence-corrected chi connectivity index (χ2v) is 4.51. The van der Waals surface area contributed by atoms with Gasteiger partial charge in [0.2, 0.25) is 0 Å². The molecule has 1 aliphatic carbocycles. The molecule has 0 bridgehead atoms. The van der Waals surface area contributed by atoms with Crippen molar-refractivity contribution in [3.63, 3.8) is 0 Å². The minimum Gasteiger partial charge on any atom is -0.322 e. The molecule has 1 amide bonds. The number of carbonyl (C=O) groups is 1. The van der Waals surface area contributed by atoms with Crippen molar-refractivity contribution >= 4 is 5.91 Å². The van der Waals surface area contributed by atoms with Crippen LogP contribution in [0.3, 0.4) is 0 Å². The number of alkyl halides is 3. The first-order valence-electron chi connectivity index (χ1n) is 5.89. The van der Waals surface area contributed by atoms with Gasteiger partial charge in [-0.15, -0.1) is 0 Å². The first-order chi connectivity index (χ1) is 9.34. The lowest BCUT2D eigenvalue weighted by atomic mass is 10.1. The topological polar surface area (TPSA) is 44.1 Å². The highest BCUT2D eigenvalue weighted by Gasteiger charge is 2.37. The summed E-state index contributed by atoms with van der Waals surface area (Å²) in [4.78, 5) is 13.3. The lowest BCUT2D eigenvalue weighted by Gasteiger charge is -2.19. The van der Waals surface area contributed by atoms with E-state index in [9.17, 15) is 22.4 Å². The van der Waals surface area contributed by atoms with E-state index in [2.05, 4.69) is 0 Å². The molecule has 0 atom stereocenters. The van der Waals surface area contributed by atoms with Crippen LogP contribution in [0.4, 0.5) is 17.6 Å². The predicted octanol–water partition coefficient (Wildman–Crippen LogP) is 2.97. The van der Waals surface area contributed by atoms with Crippen molar-refractivity contribution < 1.29 is 22.4 Å². The van der Waals surface area contributed by atoms with Crippen LogP contribution >= 0.6 is 0 Å². The molecular weight excluding hydrogens is 276 g/mol. The number of amides is 1. The third-order valence-corrected chi connectivity index (χ3v) is 3.01. The van der Waals surface area contributed by atoms with E-state index in [0.717, 1.165) is 18.9 Å². The zero-order valence-electron chi connectivity index (χ0n) is 10.2. The van der Waals surface area contributed by atoms with Gasteiger partial charge in [0.05, 0.1) is 11.6 Å². The van der Waals surface area contributed by atoms with Gasteiger partial charge in [0.25, 0.3) is 5.91 Å². The summed E-state index contributed by atoms with van der Waals surface area (Å²) in [6.07, 6.45) is -3.42. The Balaban J connectivity index is 2.33. The molecule has 3 nitrogen and oxygen atoms in total. The molecule has 1 aromatic carbocycles. The highest BCUT2D eigenvalue weighted by atomic mass is 19.4. The predicted molar refractivity (Wildman–Crippen MR) is 61.1 cm³/mol. The summed E-state index contributed by atoms with van der Waals surface area (Å²) >= 11 is 0. The van der Waals surface area contributed by atoms with Crippen LogP contribution in [0.5, 0.6) is 0 Å². The summed E-state index contributed by atoms with van der Waals surface area (Å²) < 4.78 is 50.9. The van der Waals surface area contributed by atoms with Crippen molar-refractivity contribution in [1.82, 2.24) is 4.90 Å². The number of halogens is 4. The van der Waals surface area contributed by atoms with Crippen molar-refractivity contribution in [3.05, 3.63) is 35.1 Å². The number of nitrogens with zero attached hydrogens (tertiary/aromatic N) is 2. The fourth-order valence-electron chi connectivity index (χ4n) is 1.87. The Bertz CT molecular complexity index is 573. The van der Waals surface area contributed by atoms with Crippen molar-refractivity contribution in [3.8, 4) is 6.07 Å². The highest BCUT2D eigenvalue weighted by Crippen LogP contribution is 2.33. The largest absolute Gasteiger partial charge is 0.419 e. The number of hydrogen-bond donors (Lipinski definition) is 0. The van der Waals surface area contributed by atoms with Crippen molar-refractivity contribution in [1.29, 1.82) is 5.26 Å². The summed E-state index contributed by atoms with van der Waals surface area (Å²) in [6.45, 7) is -0.192. The Morgan fingerprint density at radius 3 is 2.55 bits per heavy atom. The van der Waals surface area contributed by atoms with Crippen LogP contribution in [-0.4, -0.2) is 23.4 Å². The Labute approximate surface area is 112 Å². The SMILES string of the molecule is N#CCN(C(=O)c1ccc(F)c(C(F)(F)F)c1)C1CC1. The molecule has 2 rings (SSSR count). The molecule has 1 aromatic rings. The van der Waals surface area contributed by atoms with Crippen LogP contribution in [0.2, 0.25) is 0 Å². The smallest absolute Gasteiger partial charge is 0.322 e. The lowest BCUT2D eigenvalue weighted by Crippen LogP contribution is -2.33. The van der Waals surface area contributed by atoms with Crippen LogP contribution in [0.15, 0.2) is 18.2 Å². The summed E-state index contributed by atoms with van der Waals surface area (Å²) in [5, 5.41) is 8.65. The van der Waals surface area contributed by atoms with E-state index in [-0.39, 0.29) is 18.2 Å². The van der Waals surface area contributed by atoms with Gasteiger partial charge < -0.3 is 4.90 Å². The Morgan fingerprint density at radius 1 is 1.40 bits per heavy atom. The van der Waals surface area contributed by atoms with Gasteiger partial charge in [-0.2, -0.15) is 18.4 Å². The minimum absolute atomic E-state index is 0.110. The van der Waals surface area contributed by atoms with Gasteiger partial charge >= 0.3 is 6.18 Å². The lowest BCUT2D eigenvalue weighted by molar-refractivity contribution is -0.140. The molecule has 0 aliphatic heterocycles. The number of nitriles is 1. The quantitative estimate of drug-likeness (QED) is 0.633.